The average Bonchev–Trinajstić information content (AvgIpc) is 2.55. The number of aldehydes is 1. The third-order valence-corrected chi connectivity index (χ3v) is 2.78. The van der Waals surface area contributed by atoms with Gasteiger partial charge < -0.3 is 4.40 Å². The fourth-order valence-electron chi connectivity index (χ4n) is 1.60. The highest BCUT2D eigenvalue weighted by atomic mass is 79.9. The summed E-state index contributed by atoms with van der Waals surface area (Å²) in [5.41, 5.74) is 1.35. The molecule has 3 nitrogen and oxygen atoms in total. The molecule has 78 valence electrons. The van der Waals surface area contributed by atoms with E-state index in [1.165, 1.54) is 0 Å². The molecule has 2 aromatic rings. The van der Waals surface area contributed by atoms with Gasteiger partial charge in [0.05, 0.1) is 5.52 Å². The van der Waals surface area contributed by atoms with Crippen LogP contribution >= 0.6 is 15.9 Å². The van der Waals surface area contributed by atoms with Crippen LogP contribution in [0.1, 0.15) is 36.1 Å². The third-order valence-electron chi connectivity index (χ3n) is 2.29. The molecule has 0 radical (unpaired) electrons. The van der Waals surface area contributed by atoms with Gasteiger partial charge in [-0.1, -0.05) is 29.8 Å². The van der Waals surface area contributed by atoms with Gasteiger partial charge in [-0.05, 0) is 12.1 Å². The molecule has 0 fully saturated rings. The molecule has 0 aromatic carbocycles. The van der Waals surface area contributed by atoms with E-state index < -0.39 is 0 Å². The summed E-state index contributed by atoms with van der Waals surface area (Å²) in [7, 11) is 0. The summed E-state index contributed by atoms with van der Waals surface area (Å²) in [6, 6.07) is 3.84. The summed E-state index contributed by atoms with van der Waals surface area (Å²) in [6.45, 7) is 4.12. The molecule has 0 spiro atoms. The standard InChI is InChI=1S/C11H11BrN2O/c1-7(2)11-13-9(6-15)10-5-8(12)3-4-14(10)11/h3-7H,1-2H3. The molecule has 15 heavy (non-hydrogen) atoms. The van der Waals surface area contributed by atoms with Gasteiger partial charge in [0, 0.05) is 16.6 Å². The predicted molar refractivity (Wildman–Crippen MR) is 62.4 cm³/mol. The van der Waals surface area contributed by atoms with Crippen LogP contribution in [0.5, 0.6) is 0 Å². The van der Waals surface area contributed by atoms with E-state index in [4.69, 9.17) is 0 Å². The van der Waals surface area contributed by atoms with Crippen LogP contribution in [0.4, 0.5) is 0 Å². The van der Waals surface area contributed by atoms with E-state index >= 15 is 0 Å². The molecule has 0 saturated heterocycles. The Balaban J connectivity index is 2.80. The van der Waals surface area contributed by atoms with E-state index in [0.717, 1.165) is 22.1 Å². The van der Waals surface area contributed by atoms with E-state index in [9.17, 15) is 4.79 Å². The number of fused-ring (bicyclic) bond motifs is 1. The van der Waals surface area contributed by atoms with Crippen molar-refractivity contribution in [1.82, 2.24) is 9.38 Å². The van der Waals surface area contributed by atoms with Crippen LogP contribution in [0.25, 0.3) is 5.52 Å². The molecular formula is C11H11BrN2O. The van der Waals surface area contributed by atoms with Gasteiger partial charge in [-0.2, -0.15) is 0 Å². The Morgan fingerprint density at radius 1 is 1.53 bits per heavy atom. The van der Waals surface area contributed by atoms with Crippen molar-refractivity contribution in [2.45, 2.75) is 19.8 Å². The van der Waals surface area contributed by atoms with Crippen molar-refractivity contribution in [3.63, 3.8) is 0 Å². The number of halogens is 1. The van der Waals surface area contributed by atoms with E-state index in [1.807, 2.05) is 22.7 Å². The molecule has 0 atom stereocenters. The summed E-state index contributed by atoms with van der Waals surface area (Å²) in [4.78, 5) is 15.2. The van der Waals surface area contributed by atoms with Crippen molar-refractivity contribution in [3.05, 3.63) is 34.3 Å². The first-order valence-corrected chi connectivity index (χ1v) is 5.55. The maximum absolute atomic E-state index is 10.9. The quantitative estimate of drug-likeness (QED) is 0.784. The van der Waals surface area contributed by atoms with E-state index in [1.54, 1.807) is 0 Å². The van der Waals surface area contributed by atoms with Gasteiger partial charge >= 0.3 is 0 Å². The lowest BCUT2D eigenvalue weighted by atomic mass is 10.2. The lowest BCUT2D eigenvalue weighted by Gasteiger charge is -2.03. The monoisotopic (exact) mass is 266 g/mol. The van der Waals surface area contributed by atoms with Crippen LogP contribution in [0.2, 0.25) is 0 Å². The number of hydrogen-bond acceptors (Lipinski definition) is 2. The topological polar surface area (TPSA) is 34.4 Å². The highest BCUT2D eigenvalue weighted by Crippen LogP contribution is 2.21. The second-order valence-electron chi connectivity index (χ2n) is 3.73. The lowest BCUT2D eigenvalue weighted by molar-refractivity contribution is 0.112. The van der Waals surface area contributed by atoms with Gasteiger partial charge in [0.15, 0.2) is 6.29 Å². The lowest BCUT2D eigenvalue weighted by Crippen LogP contribution is -1.95. The van der Waals surface area contributed by atoms with Gasteiger partial charge in [-0.25, -0.2) is 4.98 Å². The van der Waals surface area contributed by atoms with E-state index in [2.05, 4.69) is 34.8 Å². The minimum absolute atomic E-state index is 0.298. The molecule has 2 aromatic heterocycles. The number of hydrogen-bond donors (Lipinski definition) is 0. The van der Waals surface area contributed by atoms with E-state index in [-0.39, 0.29) is 0 Å². The number of imidazole rings is 1. The van der Waals surface area contributed by atoms with Gasteiger partial charge in [-0.3, -0.25) is 4.79 Å². The molecule has 2 heterocycles. The summed E-state index contributed by atoms with van der Waals surface area (Å²) in [6.07, 6.45) is 2.72. The normalized spacial score (nSPS) is 11.2. The fraction of sp³-hybridized carbons (Fsp3) is 0.273. The summed E-state index contributed by atoms with van der Waals surface area (Å²) in [5, 5.41) is 0. The molecule has 0 saturated carbocycles. The molecule has 0 aliphatic carbocycles. The summed E-state index contributed by atoms with van der Waals surface area (Å²) in [5.74, 6) is 1.21. The van der Waals surface area contributed by atoms with Crippen molar-refractivity contribution in [2.75, 3.05) is 0 Å². The van der Waals surface area contributed by atoms with Gasteiger partial charge in [0.25, 0.3) is 0 Å². The minimum Gasteiger partial charge on any atom is -0.303 e. The first-order valence-electron chi connectivity index (χ1n) is 4.76. The number of nitrogens with zero attached hydrogens (tertiary/aromatic N) is 2. The molecule has 4 heteroatoms. The summed E-state index contributed by atoms with van der Waals surface area (Å²) >= 11 is 3.39. The smallest absolute Gasteiger partial charge is 0.170 e. The SMILES string of the molecule is CC(C)c1nc(C=O)c2cc(Br)ccn12. The average molecular weight is 267 g/mol. The first kappa shape index (κ1) is 10.4. The zero-order chi connectivity index (χ0) is 11.0. The Morgan fingerprint density at radius 2 is 2.27 bits per heavy atom. The Morgan fingerprint density at radius 3 is 2.87 bits per heavy atom. The van der Waals surface area contributed by atoms with Crippen LogP contribution in [-0.4, -0.2) is 15.7 Å². The van der Waals surface area contributed by atoms with Crippen LogP contribution in [0.15, 0.2) is 22.8 Å². The number of carbonyl (C=O) groups is 1. The Bertz CT molecular complexity index is 517. The maximum Gasteiger partial charge on any atom is 0.170 e. The third kappa shape index (κ3) is 1.69. The molecule has 0 N–H and O–H groups in total. The van der Waals surface area contributed by atoms with Crippen molar-refractivity contribution < 1.29 is 4.79 Å². The largest absolute Gasteiger partial charge is 0.303 e. The van der Waals surface area contributed by atoms with Crippen molar-refractivity contribution in [3.8, 4) is 0 Å². The zero-order valence-electron chi connectivity index (χ0n) is 8.57. The molecule has 2 rings (SSSR count). The van der Waals surface area contributed by atoms with Gasteiger partial charge in [0.1, 0.15) is 11.5 Å². The highest BCUT2D eigenvalue weighted by molar-refractivity contribution is 9.10. The molecule has 0 amide bonds. The highest BCUT2D eigenvalue weighted by Gasteiger charge is 2.12. The van der Waals surface area contributed by atoms with E-state index in [0.29, 0.717) is 11.6 Å². The number of rotatable bonds is 2. The minimum atomic E-state index is 0.298. The zero-order valence-corrected chi connectivity index (χ0v) is 10.2. The molecular weight excluding hydrogens is 256 g/mol. The van der Waals surface area contributed by atoms with Gasteiger partial charge in [-0.15, -0.1) is 0 Å². The first-order chi connectivity index (χ1) is 7.13. The Labute approximate surface area is 96.3 Å². The predicted octanol–water partition coefficient (Wildman–Crippen LogP) is 3.03. The maximum atomic E-state index is 10.9. The van der Waals surface area contributed by atoms with Crippen molar-refractivity contribution in [2.24, 2.45) is 0 Å². The molecule has 0 unspecified atom stereocenters. The van der Waals surface area contributed by atoms with Crippen LogP contribution in [-0.2, 0) is 0 Å². The molecule has 0 bridgehead atoms. The molecule has 0 aliphatic heterocycles. The van der Waals surface area contributed by atoms with Crippen molar-refractivity contribution in [1.29, 1.82) is 0 Å². The van der Waals surface area contributed by atoms with Crippen LogP contribution in [0, 0.1) is 0 Å². The summed E-state index contributed by atoms with van der Waals surface area (Å²) < 4.78 is 2.91. The number of pyridine rings is 1. The van der Waals surface area contributed by atoms with Crippen molar-refractivity contribution >= 4 is 27.7 Å². The Kier molecular flexibility index (Phi) is 2.61. The van der Waals surface area contributed by atoms with Crippen LogP contribution < -0.4 is 0 Å². The number of aromatic nitrogens is 2. The molecule has 0 aliphatic rings. The van der Waals surface area contributed by atoms with Crippen LogP contribution in [0.3, 0.4) is 0 Å². The number of carbonyl (C=O) groups excluding carboxylic acids is 1. The second kappa shape index (κ2) is 3.77. The Hall–Kier alpha value is -1.16. The fourth-order valence-corrected chi connectivity index (χ4v) is 1.94. The van der Waals surface area contributed by atoms with Gasteiger partial charge in [0.2, 0.25) is 0 Å². The second-order valence-corrected chi connectivity index (χ2v) is 4.64.